The molecule has 8 heteroatoms. The maximum Gasteiger partial charge on any atom is 0.416 e. The average Bonchev–Trinajstić information content (AvgIpc) is 2.62. The summed E-state index contributed by atoms with van der Waals surface area (Å²) in [6.45, 7) is 0. The van der Waals surface area contributed by atoms with Gasteiger partial charge < -0.3 is 0 Å². The van der Waals surface area contributed by atoms with Gasteiger partial charge in [0.25, 0.3) is 0 Å². The highest BCUT2D eigenvalue weighted by Gasteiger charge is 2.42. The Morgan fingerprint density at radius 3 is 1.67 bits per heavy atom. The van der Waals surface area contributed by atoms with Gasteiger partial charge in [0.15, 0.2) is 14.7 Å². The Labute approximate surface area is 156 Å². The van der Waals surface area contributed by atoms with Gasteiger partial charge in [0.2, 0.25) is 0 Å². The predicted molar refractivity (Wildman–Crippen MR) is 91.1 cm³/mol. The molecule has 0 aliphatic carbocycles. The Kier molecular flexibility index (Phi) is 4.35. The molecule has 0 fully saturated rings. The van der Waals surface area contributed by atoms with Crippen LogP contribution in [0.5, 0.6) is 0 Å². The van der Waals surface area contributed by atoms with Crippen LogP contribution in [0.25, 0.3) is 0 Å². The zero-order valence-corrected chi connectivity index (χ0v) is 15.0. The summed E-state index contributed by atoms with van der Waals surface area (Å²) in [6.07, 6.45) is -4.46. The molecule has 27 heavy (non-hydrogen) atoms. The van der Waals surface area contributed by atoms with Gasteiger partial charge in [-0.05, 0) is 60.7 Å². The number of hydrogen-bond acceptors (Lipinski definition) is 1. The molecule has 1 aliphatic heterocycles. The van der Waals surface area contributed by atoms with Crippen LogP contribution >= 0.6 is 0 Å². The molecular weight excluding hydrogens is 403 g/mol. The van der Waals surface area contributed by atoms with Crippen molar-refractivity contribution in [2.24, 2.45) is 0 Å². The van der Waals surface area contributed by atoms with Crippen LogP contribution in [0.15, 0.2) is 85.1 Å². The van der Waals surface area contributed by atoms with Crippen LogP contribution in [0.4, 0.5) is 22.0 Å². The Morgan fingerprint density at radius 1 is 0.741 bits per heavy atom. The topological polar surface area (TPSA) is 17.1 Å². The van der Waals surface area contributed by atoms with Gasteiger partial charge >= 0.3 is 6.18 Å². The third-order valence-electron chi connectivity index (χ3n) is 4.07. The van der Waals surface area contributed by atoms with Crippen molar-refractivity contribution >= 4 is 21.7 Å². The number of benzene rings is 3. The Bertz CT molecular complexity index is 1010. The summed E-state index contributed by atoms with van der Waals surface area (Å²) in [5.74, 6) is -1.17. The monoisotopic (exact) mass is 413 g/mol. The van der Waals surface area contributed by atoms with Crippen LogP contribution in [0, 0.1) is 11.6 Å². The molecule has 0 atom stereocenters. The van der Waals surface area contributed by atoms with Crippen LogP contribution < -0.4 is 0 Å². The Hall–Kier alpha value is -2.19. The summed E-state index contributed by atoms with van der Waals surface area (Å²) in [4.78, 5) is 2.05. The maximum absolute atomic E-state index is 13.7. The SMILES string of the molecule is O=S1c2cc(F)ccc2[S+](c2ccc(C(F)(F)F)cc2)c2ccc(F)cc21. The summed E-state index contributed by atoms with van der Waals surface area (Å²) in [6, 6.07) is 12.3. The molecular formula is C19H10F5OS2+. The zero-order valence-electron chi connectivity index (χ0n) is 13.4. The van der Waals surface area contributed by atoms with E-state index in [9.17, 15) is 26.2 Å². The van der Waals surface area contributed by atoms with E-state index >= 15 is 0 Å². The molecule has 0 N–H and O–H groups in total. The van der Waals surface area contributed by atoms with Gasteiger partial charge in [0.1, 0.15) is 32.3 Å². The number of hydrogen-bond donors (Lipinski definition) is 0. The molecule has 3 aromatic rings. The second-order valence-electron chi connectivity index (χ2n) is 5.78. The lowest BCUT2D eigenvalue weighted by molar-refractivity contribution is -0.137. The van der Waals surface area contributed by atoms with Crippen LogP contribution in [0.3, 0.4) is 0 Å². The van der Waals surface area contributed by atoms with Crippen molar-refractivity contribution < 1.29 is 26.2 Å². The van der Waals surface area contributed by atoms with Crippen LogP contribution in [-0.4, -0.2) is 4.21 Å². The van der Waals surface area contributed by atoms with Gasteiger partial charge in [-0.15, -0.1) is 0 Å². The van der Waals surface area contributed by atoms with Gasteiger partial charge in [-0.25, -0.2) is 13.0 Å². The smallest absolute Gasteiger partial charge is 0.249 e. The van der Waals surface area contributed by atoms with Crippen molar-refractivity contribution in [3.05, 3.63) is 77.9 Å². The van der Waals surface area contributed by atoms with E-state index < -0.39 is 45.1 Å². The quantitative estimate of drug-likeness (QED) is 0.295. The number of alkyl halides is 3. The summed E-state index contributed by atoms with van der Waals surface area (Å²) in [5.41, 5.74) is -0.783. The fourth-order valence-electron chi connectivity index (χ4n) is 2.86. The Morgan fingerprint density at radius 2 is 1.22 bits per heavy atom. The zero-order chi connectivity index (χ0) is 19.3. The summed E-state index contributed by atoms with van der Waals surface area (Å²) in [5, 5.41) is 0. The summed E-state index contributed by atoms with van der Waals surface area (Å²) < 4.78 is 78.8. The lowest BCUT2D eigenvalue weighted by Crippen LogP contribution is -2.17. The lowest BCUT2D eigenvalue weighted by Gasteiger charge is -2.19. The molecule has 1 aliphatic rings. The van der Waals surface area contributed by atoms with E-state index in [1.165, 1.54) is 36.4 Å². The first kappa shape index (κ1) is 18.2. The molecule has 0 amide bonds. The minimum absolute atomic E-state index is 0.205. The molecule has 0 aromatic heterocycles. The van der Waals surface area contributed by atoms with E-state index in [-0.39, 0.29) is 9.79 Å². The molecule has 4 rings (SSSR count). The average molecular weight is 413 g/mol. The van der Waals surface area contributed by atoms with Crippen LogP contribution in [0.1, 0.15) is 5.56 Å². The fraction of sp³-hybridized carbons (Fsp3) is 0.0526. The van der Waals surface area contributed by atoms with Crippen molar-refractivity contribution in [3.63, 3.8) is 0 Å². The van der Waals surface area contributed by atoms with E-state index in [0.29, 0.717) is 14.7 Å². The molecule has 0 unspecified atom stereocenters. The van der Waals surface area contributed by atoms with E-state index in [4.69, 9.17) is 0 Å². The first-order valence-corrected chi connectivity index (χ1v) is 10.1. The van der Waals surface area contributed by atoms with Gasteiger partial charge in [0, 0.05) is 0 Å². The summed E-state index contributed by atoms with van der Waals surface area (Å²) >= 11 is 0. The minimum Gasteiger partial charge on any atom is -0.249 e. The minimum atomic E-state index is -4.46. The molecule has 1 nitrogen and oxygen atoms in total. The summed E-state index contributed by atoms with van der Waals surface area (Å²) in [7, 11) is -2.70. The largest absolute Gasteiger partial charge is 0.416 e. The third-order valence-corrected chi connectivity index (χ3v) is 8.14. The standard InChI is InChI=1S/C19H10F5OS2/c20-12-3-7-15-17(9-12)27(25)18-10-13(21)4-8-16(18)26(15)14-5-1-11(2-6-14)19(22,23)24/h1-10H/q+1. The highest BCUT2D eigenvalue weighted by Crippen LogP contribution is 2.44. The van der Waals surface area contributed by atoms with E-state index in [1.807, 2.05) is 0 Å². The molecule has 0 spiro atoms. The van der Waals surface area contributed by atoms with Gasteiger partial charge in [0.05, 0.1) is 16.4 Å². The maximum atomic E-state index is 13.7. The van der Waals surface area contributed by atoms with E-state index in [2.05, 4.69) is 0 Å². The van der Waals surface area contributed by atoms with Crippen LogP contribution in [0.2, 0.25) is 0 Å². The van der Waals surface area contributed by atoms with E-state index in [0.717, 1.165) is 24.3 Å². The number of halogens is 5. The van der Waals surface area contributed by atoms with Crippen molar-refractivity contribution in [2.45, 2.75) is 30.7 Å². The van der Waals surface area contributed by atoms with Crippen LogP contribution in [-0.2, 0) is 27.9 Å². The van der Waals surface area contributed by atoms with Gasteiger partial charge in [-0.1, -0.05) is 0 Å². The third kappa shape index (κ3) is 3.17. The normalized spacial score (nSPS) is 18.7. The Balaban J connectivity index is 1.93. The molecule has 138 valence electrons. The molecule has 0 saturated carbocycles. The van der Waals surface area contributed by atoms with E-state index in [1.54, 1.807) is 0 Å². The lowest BCUT2D eigenvalue weighted by atomic mass is 10.2. The van der Waals surface area contributed by atoms with Gasteiger partial charge in [-0.3, -0.25) is 0 Å². The number of fused-ring (bicyclic) bond motifs is 2. The highest BCUT2D eigenvalue weighted by molar-refractivity contribution is 7.99. The molecule has 0 saturated heterocycles. The van der Waals surface area contributed by atoms with Gasteiger partial charge in [-0.2, -0.15) is 13.2 Å². The fourth-order valence-corrected chi connectivity index (χ4v) is 7.08. The second-order valence-corrected chi connectivity index (χ2v) is 9.16. The molecule has 1 heterocycles. The molecule has 0 bridgehead atoms. The van der Waals surface area contributed by atoms with Crippen molar-refractivity contribution in [2.75, 3.05) is 0 Å². The van der Waals surface area contributed by atoms with Crippen molar-refractivity contribution in [1.29, 1.82) is 0 Å². The van der Waals surface area contributed by atoms with Crippen molar-refractivity contribution in [3.8, 4) is 0 Å². The highest BCUT2D eigenvalue weighted by atomic mass is 32.2. The predicted octanol–water partition coefficient (Wildman–Crippen LogP) is 5.56. The first-order valence-electron chi connectivity index (χ1n) is 7.68. The number of rotatable bonds is 1. The second kappa shape index (κ2) is 6.45. The first-order chi connectivity index (χ1) is 12.8. The molecule has 3 aromatic carbocycles. The van der Waals surface area contributed by atoms with Crippen molar-refractivity contribution in [1.82, 2.24) is 0 Å². The molecule has 0 radical (unpaired) electrons.